The van der Waals surface area contributed by atoms with Gasteiger partial charge in [-0.15, -0.1) is 5.10 Å². The van der Waals surface area contributed by atoms with E-state index in [2.05, 4.69) is 64.2 Å². The molecule has 2 heterocycles. The highest BCUT2D eigenvalue weighted by Gasteiger charge is 2.42. The standard InChI is InChI=1S/C28H32N4O2/c1-27(2,3)19-12-10-17(11-13-19)25-30-26-29-21-15-28(4,5)16-22(33)23(21)24(32(26)31-25)18-8-7-9-20(14-18)34-6/h7-14,24H,15-16H2,1-6H3,(H,29,30,31). The molecule has 176 valence electrons. The molecule has 0 saturated carbocycles. The number of carbonyl (C=O) groups is 1. The van der Waals surface area contributed by atoms with E-state index in [0.717, 1.165) is 34.6 Å². The van der Waals surface area contributed by atoms with Gasteiger partial charge in [-0.25, -0.2) is 4.68 Å². The number of hydrogen-bond donors (Lipinski definition) is 1. The highest BCUT2D eigenvalue weighted by Crippen LogP contribution is 2.46. The summed E-state index contributed by atoms with van der Waals surface area (Å²) < 4.78 is 7.34. The monoisotopic (exact) mass is 456 g/mol. The Bertz CT molecular complexity index is 1290. The second kappa shape index (κ2) is 7.83. The molecule has 0 fully saturated rings. The van der Waals surface area contributed by atoms with Crippen molar-refractivity contribution in [3.8, 4) is 17.1 Å². The number of allylic oxidation sites excluding steroid dienone is 2. The number of methoxy groups -OCH3 is 1. The first-order chi connectivity index (χ1) is 16.1. The summed E-state index contributed by atoms with van der Waals surface area (Å²) in [7, 11) is 1.65. The van der Waals surface area contributed by atoms with Gasteiger partial charge in [-0.3, -0.25) is 4.79 Å². The lowest BCUT2D eigenvalue weighted by Crippen LogP contribution is -2.36. The first-order valence-electron chi connectivity index (χ1n) is 11.8. The van der Waals surface area contributed by atoms with E-state index in [9.17, 15) is 4.79 Å². The smallest absolute Gasteiger partial charge is 0.226 e. The van der Waals surface area contributed by atoms with E-state index < -0.39 is 0 Å². The first-order valence-corrected chi connectivity index (χ1v) is 11.8. The molecular weight excluding hydrogens is 424 g/mol. The Labute approximate surface area is 201 Å². The van der Waals surface area contributed by atoms with Crippen molar-refractivity contribution in [1.82, 2.24) is 14.8 Å². The number of aromatic nitrogens is 3. The van der Waals surface area contributed by atoms with Crippen molar-refractivity contribution in [3.05, 3.63) is 70.9 Å². The summed E-state index contributed by atoms with van der Waals surface area (Å²) in [5.41, 5.74) is 4.87. The minimum absolute atomic E-state index is 0.0779. The fraction of sp³-hybridized carbons (Fsp3) is 0.393. The third kappa shape index (κ3) is 3.91. The molecule has 0 radical (unpaired) electrons. The highest BCUT2D eigenvalue weighted by atomic mass is 16.5. The molecule has 1 aliphatic carbocycles. The van der Waals surface area contributed by atoms with E-state index in [1.165, 1.54) is 5.56 Å². The SMILES string of the molecule is COc1cccc(C2C3=C(CC(C)(C)CC3=O)Nc3nc(-c4ccc(C(C)(C)C)cc4)nn32)c1. The molecule has 1 aromatic heterocycles. The van der Waals surface area contributed by atoms with Gasteiger partial charge in [0, 0.05) is 23.3 Å². The number of nitrogens with one attached hydrogen (secondary N) is 1. The minimum atomic E-state index is -0.347. The van der Waals surface area contributed by atoms with Gasteiger partial charge in [-0.1, -0.05) is 71.0 Å². The molecule has 3 aromatic rings. The molecule has 1 aliphatic heterocycles. The summed E-state index contributed by atoms with van der Waals surface area (Å²) in [5.74, 6) is 2.21. The molecule has 6 heteroatoms. The molecule has 2 aliphatic rings. The molecule has 0 bridgehead atoms. The van der Waals surface area contributed by atoms with Gasteiger partial charge < -0.3 is 10.1 Å². The molecule has 34 heavy (non-hydrogen) atoms. The first kappa shape index (κ1) is 22.4. The zero-order chi connectivity index (χ0) is 24.3. The van der Waals surface area contributed by atoms with Crippen LogP contribution in [0.4, 0.5) is 5.95 Å². The van der Waals surface area contributed by atoms with E-state index >= 15 is 0 Å². The Kier molecular flexibility index (Phi) is 5.15. The summed E-state index contributed by atoms with van der Waals surface area (Å²) in [5, 5.41) is 8.36. The number of carbonyl (C=O) groups excluding carboxylic acids is 1. The van der Waals surface area contributed by atoms with Crippen molar-refractivity contribution in [3.63, 3.8) is 0 Å². The van der Waals surface area contributed by atoms with Gasteiger partial charge in [0.05, 0.1) is 7.11 Å². The summed E-state index contributed by atoms with van der Waals surface area (Å²) in [4.78, 5) is 18.3. The Balaban J connectivity index is 1.63. The van der Waals surface area contributed by atoms with Crippen LogP contribution in [0.1, 0.15) is 64.6 Å². The van der Waals surface area contributed by atoms with Crippen molar-refractivity contribution in [2.75, 3.05) is 12.4 Å². The molecule has 0 saturated heterocycles. The molecular formula is C28H32N4O2. The van der Waals surface area contributed by atoms with E-state index in [4.69, 9.17) is 14.8 Å². The molecule has 1 unspecified atom stereocenters. The number of anilines is 1. The van der Waals surface area contributed by atoms with Crippen molar-refractivity contribution in [1.29, 1.82) is 0 Å². The van der Waals surface area contributed by atoms with Crippen LogP contribution in [0.2, 0.25) is 0 Å². The van der Waals surface area contributed by atoms with Gasteiger partial charge in [-0.05, 0) is 40.5 Å². The van der Waals surface area contributed by atoms with E-state index in [-0.39, 0.29) is 22.7 Å². The zero-order valence-electron chi connectivity index (χ0n) is 20.8. The van der Waals surface area contributed by atoms with Crippen LogP contribution in [-0.4, -0.2) is 27.7 Å². The van der Waals surface area contributed by atoms with E-state index in [1.807, 2.05) is 28.9 Å². The molecule has 2 aromatic carbocycles. The van der Waals surface area contributed by atoms with Crippen LogP contribution < -0.4 is 10.1 Å². The van der Waals surface area contributed by atoms with Gasteiger partial charge in [0.25, 0.3) is 0 Å². The predicted molar refractivity (Wildman–Crippen MR) is 134 cm³/mol. The lowest BCUT2D eigenvalue weighted by molar-refractivity contribution is -0.118. The number of ketones is 1. The van der Waals surface area contributed by atoms with E-state index in [1.54, 1.807) is 7.11 Å². The Morgan fingerprint density at radius 3 is 2.50 bits per heavy atom. The number of hydrogen-bond acceptors (Lipinski definition) is 5. The molecule has 0 amide bonds. The number of Topliss-reactive ketones (excluding diaryl/α,β-unsaturated/α-hetero) is 1. The lowest BCUT2D eigenvalue weighted by atomic mass is 9.73. The maximum atomic E-state index is 13.4. The molecule has 0 spiro atoms. The maximum Gasteiger partial charge on any atom is 0.226 e. The molecule has 5 rings (SSSR count). The van der Waals surface area contributed by atoms with Crippen molar-refractivity contribution in [2.24, 2.45) is 5.41 Å². The van der Waals surface area contributed by atoms with Gasteiger partial charge >= 0.3 is 0 Å². The normalized spacial score (nSPS) is 19.4. The van der Waals surface area contributed by atoms with Gasteiger partial charge in [0.1, 0.15) is 11.8 Å². The number of rotatable bonds is 3. The zero-order valence-corrected chi connectivity index (χ0v) is 20.8. The van der Waals surface area contributed by atoms with Crippen LogP contribution in [0.25, 0.3) is 11.4 Å². The van der Waals surface area contributed by atoms with Crippen LogP contribution in [0.15, 0.2) is 59.8 Å². The molecule has 1 atom stereocenters. The summed E-state index contributed by atoms with van der Waals surface area (Å²) in [6, 6.07) is 16.0. The third-order valence-electron chi connectivity index (χ3n) is 6.75. The number of benzene rings is 2. The fourth-order valence-corrected chi connectivity index (χ4v) is 4.97. The Morgan fingerprint density at radius 2 is 1.82 bits per heavy atom. The van der Waals surface area contributed by atoms with Crippen molar-refractivity contribution < 1.29 is 9.53 Å². The summed E-state index contributed by atoms with van der Waals surface area (Å²) >= 11 is 0. The summed E-state index contributed by atoms with van der Waals surface area (Å²) in [6.07, 6.45) is 1.30. The fourth-order valence-electron chi connectivity index (χ4n) is 4.97. The van der Waals surface area contributed by atoms with Crippen LogP contribution in [0.5, 0.6) is 5.75 Å². The quantitative estimate of drug-likeness (QED) is 0.531. The Morgan fingerprint density at radius 1 is 1.09 bits per heavy atom. The maximum absolute atomic E-state index is 13.4. The lowest BCUT2D eigenvalue weighted by Gasteiger charge is -2.38. The number of ether oxygens (including phenoxy) is 1. The Hall–Kier alpha value is -3.41. The van der Waals surface area contributed by atoms with E-state index in [0.29, 0.717) is 18.2 Å². The predicted octanol–water partition coefficient (Wildman–Crippen LogP) is 5.91. The molecule has 1 N–H and O–H groups in total. The van der Waals surface area contributed by atoms with Gasteiger partial charge in [0.15, 0.2) is 11.6 Å². The topological polar surface area (TPSA) is 69.0 Å². The average Bonchev–Trinajstić information content (AvgIpc) is 3.20. The minimum Gasteiger partial charge on any atom is -0.497 e. The average molecular weight is 457 g/mol. The second-order valence-corrected chi connectivity index (χ2v) is 11.2. The summed E-state index contributed by atoms with van der Waals surface area (Å²) in [6.45, 7) is 10.9. The van der Waals surface area contributed by atoms with Crippen LogP contribution in [0, 0.1) is 5.41 Å². The van der Waals surface area contributed by atoms with Gasteiger partial charge in [0.2, 0.25) is 5.95 Å². The number of fused-ring (bicyclic) bond motifs is 1. The van der Waals surface area contributed by atoms with Gasteiger partial charge in [-0.2, -0.15) is 4.98 Å². The van der Waals surface area contributed by atoms with Crippen LogP contribution in [-0.2, 0) is 10.2 Å². The van der Waals surface area contributed by atoms with Crippen LogP contribution in [0.3, 0.4) is 0 Å². The highest BCUT2D eigenvalue weighted by molar-refractivity contribution is 6.00. The molecule has 6 nitrogen and oxygen atoms in total. The number of nitrogens with zero attached hydrogens (tertiary/aromatic N) is 3. The third-order valence-corrected chi connectivity index (χ3v) is 6.75. The second-order valence-electron chi connectivity index (χ2n) is 11.2. The van der Waals surface area contributed by atoms with Crippen molar-refractivity contribution in [2.45, 2.75) is 58.9 Å². The largest absolute Gasteiger partial charge is 0.497 e. The van der Waals surface area contributed by atoms with Crippen LogP contribution >= 0.6 is 0 Å². The van der Waals surface area contributed by atoms with Crippen molar-refractivity contribution >= 4 is 11.7 Å².